The van der Waals surface area contributed by atoms with Crippen LogP contribution in [0, 0.1) is 6.08 Å². The second-order valence-corrected chi connectivity index (χ2v) is 1.47. The van der Waals surface area contributed by atoms with Crippen LogP contribution in [0.15, 0.2) is 17.7 Å². The average molecular weight is 167 g/mol. The molecule has 1 aliphatic carbocycles. The van der Waals surface area contributed by atoms with Gasteiger partial charge in [0.15, 0.2) is 0 Å². The van der Waals surface area contributed by atoms with E-state index in [1.165, 1.54) is 5.57 Å². The zero-order valence-electron chi connectivity index (χ0n) is 4.72. The Morgan fingerprint density at radius 2 is 2.25 bits per heavy atom. The number of halogens is 1. The molecule has 0 N–H and O–H groups in total. The summed E-state index contributed by atoms with van der Waals surface area (Å²) in [5.41, 5.74) is 1.27. The van der Waals surface area contributed by atoms with Crippen molar-refractivity contribution in [2.24, 2.45) is 0 Å². The molecule has 45 valence electrons. The molecule has 0 saturated carbocycles. The number of hydrogen-bond acceptors (Lipinski definition) is 0. The molecule has 0 fully saturated rings. The molecule has 1 rings (SSSR count). The van der Waals surface area contributed by atoms with Crippen LogP contribution in [0.4, 0.5) is 0 Å². The van der Waals surface area contributed by atoms with E-state index in [0.29, 0.717) is 0 Å². The smallest absolute Gasteiger partial charge is 0 e. The Kier molecular flexibility index (Phi) is 7.68. The van der Waals surface area contributed by atoms with Crippen LogP contribution in [0.25, 0.3) is 0 Å². The van der Waals surface area contributed by atoms with Crippen LogP contribution in [-0.2, 0) is 18.6 Å². The first-order chi connectivity index (χ1) is 2.89. The van der Waals surface area contributed by atoms with Crippen LogP contribution in [0.5, 0.6) is 0 Å². The summed E-state index contributed by atoms with van der Waals surface area (Å²) in [5, 5.41) is 0. The summed E-state index contributed by atoms with van der Waals surface area (Å²) in [5.74, 6) is 0. The number of hydrogen-bond donors (Lipinski definition) is 0. The predicted octanol–water partition coefficient (Wildman–Crippen LogP) is 2.12. The van der Waals surface area contributed by atoms with Crippen molar-refractivity contribution in [2.75, 3.05) is 0 Å². The van der Waals surface area contributed by atoms with Gasteiger partial charge in [-0.05, 0) is 0 Å². The largest absolute Gasteiger partial charge is 0.270 e. The first-order valence-corrected chi connectivity index (χ1v) is 2.13. The minimum atomic E-state index is 0. The third kappa shape index (κ3) is 3.37. The molecule has 0 spiro atoms. The zero-order chi connectivity index (χ0) is 4.41. The van der Waals surface area contributed by atoms with Gasteiger partial charge in [0, 0.05) is 18.6 Å². The molecule has 0 bridgehead atoms. The normalized spacial score (nSPS) is 13.9. The van der Waals surface area contributed by atoms with Crippen molar-refractivity contribution in [1.29, 1.82) is 0 Å². The van der Waals surface area contributed by atoms with E-state index in [-0.39, 0.29) is 31.0 Å². The summed E-state index contributed by atoms with van der Waals surface area (Å²) < 4.78 is 0. The molecule has 0 aromatic heterocycles. The van der Waals surface area contributed by atoms with Crippen molar-refractivity contribution in [1.82, 2.24) is 0 Å². The van der Waals surface area contributed by atoms with E-state index in [0.717, 1.165) is 6.42 Å². The van der Waals surface area contributed by atoms with E-state index in [1.807, 2.05) is 0 Å². The maximum Gasteiger partial charge on any atom is 0 e. The van der Waals surface area contributed by atoms with Gasteiger partial charge in [0.1, 0.15) is 0 Å². The molecule has 0 amide bonds. The summed E-state index contributed by atoms with van der Waals surface area (Å²) in [7, 11) is 0. The van der Waals surface area contributed by atoms with E-state index in [4.69, 9.17) is 0 Å². The van der Waals surface area contributed by atoms with Crippen LogP contribution in [0.2, 0.25) is 0 Å². The van der Waals surface area contributed by atoms with Crippen molar-refractivity contribution in [3.63, 3.8) is 0 Å². The topological polar surface area (TPSA) is 0 Å². The van der Waals surface area contributed by atoms with E-state index in [1.54, 1.807) is 0 Å². The average Bonchev–Trinajstić information content (AvgIpc) is 1.86. The molecule has 0 aliphatic heterocycles. The molecule has 0 unspecified atom stereocenters. The number of rotatable bonds is 0. The Bertz CT molecular complexity index is 102. The van der Waals surface area contributed by atoms with E-state index in [2.05, 4.69) is 25.2 Å². The molecule has 2 heteroatoms. The van der Waals surface area contributed by atoms with Crippen molar-refractivity contribution in [3.8, 4) is 0 Å². The van der Waals surface area contributed by atoms with Gasteiger partial charge in [-0.15, -0.1) is 18.8 Å². The van der Waals surface area contributed by atoms with Gasteiger partial charge in [-0.2, -0.15) is 6.08 Å². The second-order valence-electron chi connectivity index (χ2n) is 1.47. The molecule has 0 nitrogen and oxygen atoms in total. The van der Waals surface area contributed by atoms with Gasteiger partial charge in [0.2, 0.25) is 0 Å². The van der Waals surface area contributed by atoms with Gasteiger partial charge in [-0.3, -0.25) is 6.08 Å². The first-order valence-electron chi connectivity index (χ1n) is 2.13. The Hall–Kier alpha value is 0.354. The van der Waals surface area contributed by atoms with Crippen LogP contribution in [0.3, 0.4) is 0 Å². The van der Waals surface area contributed by atoms with Gasteiger partial charge in [-0.1, -0.05) is 6.92 Å². The fraction of sp³-hybridized carbons (Fsp3) is 0.333. The minimum Gasteiger partial charge on any atom is -0.270 e. The summed E-state index contributed by atoms with van der Waals surface area (Å²) in [6.07, 6.45) is 8.33. The Balaban J connectivity index is 0. The van der Waals surface area contributed by atoms with Crippen LogP contribution in [0.1, 0.15) is 13.3 Å². The fourth-order valence-corrected chi connectivity index (χ4v) is 0.515. The van der Waals surface area contributed by atoms with Gasteiger partial charge in [-0.25, -0.2) is 11.6 Å². The Labute approximate surface area is 68.3 Å². The third-order valence-corrected chi connectivity index (χ3v) is 0.867. The number of allylic oxidation sites excluding steroid dienone is 4. The van der Waals surface area contributed by atoms with Crippen molar-refractivity contribution < 1.29 is 18.6 Å². The minimum absolute atomic E-state index is 0. The van der Waals surface area contributed by atoms with Gasteiger partial charge < -0.3 is 0 Å². The van der Waals surface area contributed by atoms with Gasteiger partial charge in [0.25, 0.3) is 0 Å². The molecule has 8 heavy (non-hydrogen) atoms. The molecule has 0 aromatic carbocycles. The maximum absolute atomic E-state index is 3.12. The first kappa shape index (κ1) is 11.2. The van der Waals surface area contributed by atoms with E-state index < -0.39 is 0 Å². The van der Waals surface area contributed by atoms with Crippen LogP contribution >= 0.6 is 12.4 Å². The predicted molar refractivity (Wildman–Crippen MR) is 33.4 cm³/mol. The van der Waals surface area contributed by atoms with Crippen molar-refractivity contribution in [2.45, 2.75) is 13.3 Å². The monoisotopic (exact) mass is 166 g/mol. The third-order valence-electron chi connectivity index (χ3n) is 0.867. The molecule has 0 heterocycles. The zero-order valence-corrected chi connectivity index (χ0v) is 6.93. The van der Waals surface area contributed by atoms with Crippen molar-refractivity contribution in [3.05, 3.63) is 23.8 Å². The molecule has 0 saturated heterocycles. The van der Waals surface area contributed by atoms with Gasteiger partial charge in [0.05, 0.1) is 0 Å². The standard InChI is InChI=1S/C6H7.ClH.V/c1-6-4-2-3-5-6;;/h2,4H,3H2,1H3;1H;/q-1;;. The van der Waals surface area contributed by atoms with Crippen LogP contribution < -0.4 is 0 Å². The molecule has 0 atom stereocenters. The van der Waals surface area contributed by atoms with E-state index in [9.17, 15) is 0 Å². The molecular weight excluding hydrogens is 158 g/mol. The molecule has 0 aromatic rings. The molecular formula is C6H8ClV-. The summed E-state index contributed by atoms with van der Waals surface area (Å²) in [6.45, 7) is 2.06. The summed E-state index contributed by atoms with van der Waals surface area (Å²) in [4.78, 5) is 0. The SMILES string of the molecule is CC1=[C-]CC=C1.Cl.[V]. The fourth-order valence-electron chi connectivity index (χ4n) is 0.515. The second kappa shape index (κ2) is 5.49. The summed E-state index contributed by atoms with van der Waals surface area (Å²) >= 11 is 0. The summed E-state index contributed by atoms with van der Waals surface area (Å²) in [6, 6.07) is 0. The quantitative estimate of drug-likeness (QED) is 0.484. The Morgan fingerprint density at radius 1 is 1.62 bits per heavy atom. The van der Waals surface area contributed by atoms with Crippen molar-refractivity contribution >= 4 is 12.4 Å². The van der Waals surface area contributed by atoms with E-state index >= 15 is 0 Å². The molecule has 1 aliphatic rings. The van der Waals surface area contributed by atoms with Gasteiger partial charge >= 0.3 is 0 Å². The molecule has 1 radical (unpaired) electrons. The Morgan fingerprint density at radius 3 is 2.38 bits per heavy atom. The van der Waals surface area contributed by atoms with Crippen LogP contribution in [-0.4, -0.2) is 0 Å². The maximum atomic E-state index is 3.12.